The third-order valence-electron chi connectivity index (χ3n) is 2.50. The Balaban J connectivity index is 1.88. The normalized spacial score (nSPS) is 10.6. The Labute approximate surface area is 110 Å². The summed E-state index contributed by atoms with van der Waals surface area (Å²) in [5, 5.41) is 0.114. The van der Waals surface area contributed by atoms with Crippen molar-refractivity contribution in [3.63, 3.8) is 0 Å². The van der Waals surface area contributed by atoms with Gasteiger partial charge in [-0.05, 0) is 35.4 Å². The average molecular weight is 266 g/mol. The molecule has 2 N–H and O–H groups in total. The predicted octanol–water partition coefficient (Wildman–Crippen LogP) is 3.78. The van der Waals surface area contributed by atoms with Crippen LogP contribution in [0.15, 0.2) is 42.5 Å². The van der Waals surface area contributed by atoms with Crippen molar-refractivity contribution in [2.24, 2.45) is 0 Å². The summed E-state index contributed by atoms with van der Waals surface area (Å²) in [6, 6.07) is 12.0. The molecule has 0 atom stereocenters. The van der Waals surface area contributed by atoms with Crippen molar-refractivity contribution in [3.8, 4) is 0 Å². The van der Waals surface area contributed by atoms with Crippen molar-refractivity contribution >= 4 is 17.3 Å². The average Bonchev–Trinajstić information content (AvgIpc) is 2.36. The molecular formula is C14H13ClFNO. The highest BCUT2D eigenvalue weighted by Crippen LogP contribution is 2.17. The van der Waals surface area contributed by atoms with E-state index in [2.05, 4.69) is 0 Å². The molecule has 0 unspecified atom stereocenters. The summed E-state index contributed by atoms with van der Waals surface area (Å²) < 4.78 is 18.5. The second-order valence-corrected chi connectivity index (χ2v) is 4.39. The first-order valence-corrected chi connectivity index (χ1v) is 5.89. The molecule has 0 heterocycles. The van der Waals surface area contributed by atoms with Gasteiger partial charge in [-0.25, -0.2) is 4.39 Å². The zero-order valence-electron chi connectivity index (χ0n) is 9.70. The zero-order chi connectivity index (χ0) is 13.0. The van der Waals surface area contributed by atoms with Crippen molar-refractivity contribution in [2.45, 2.75) is 13.2 Å². The van der Waals surface area contributed by atoms with E-state index in [1.807, 2.05) is 24.3 Å². The van der Waals surface area contributed by atoms with Gasteiger partial charge in [0.15, 0.2) is 0 Å². The van der Waals surface area contributed by atoms with E-state index in [1.54, 1.807) is 12.1 Å². The largest absolute Gasteiger partial charge is 0.399 e. The quantitative estimate of drug-likeness (QED) is 0.854. The third-order valence-corrected chi connectivity index (χ3v) is 2.79. The molecule has 0 spiro atoms. The Morgan fingerprint density at radius 2 is 1.61 bits per heavy atom. The molecular weight excluding hydrogens is 253 g/mol. The van der Waals surface area contributed by atoms with E-state index in [0.717, 1.165) is 16.8 Å². The minimum atomic E-state index is -0.418. The lowest BCUT2D eigenvalue weighted by atomic mass is 10.2. The molecule has 18 heavy (non-hydrogen) atoms. The fourth-order valence-corrected chi connectivity index (χ4v) is 1.73. The van der Waals surface area contributed by atoms with Crippen molar-refractivity contribution in [3.05, 3.63) is 64.4 Å². The first-order valence-electron chi connectivity index (χ1n) is 5.51. The number of rotatable bonds is 4. The Morgan fingerprint density at radius 1 is 1.00 bits per heavy atom. The van der Waals surface area contributed by atoms with Crippen molar-refractivity contribution in [2.75, 3.05) is 5.73 Å². The number of nitrogens with two attached hydrogens (primary N) is 1. The first-order chi connectivity index (χ1) is 8.65. The molecule has 0 aliphatic rings. The monoisotopic (exact) mass is 265 g/mol. The highest BCUT2D eigenvalue weighted by molar-refractivity contribution is 6.30. The van der Waals surface area contributed by atoms with E-state index >= 15 is 0 Å². The summed E-state index contributed by atoms with van der Waals surface area (Å²) >= 11 is 5.68. The van der Waals surface area contributed by atoms with E-state index in [-0.39, 0.29) is 5.02 Å². The summed E-state index contributed by atoms with van der Waals surface area (Å²) in [7, 11) is 0. The molecule has 0 saturated carbocycles. The van der Waals surface area contributed by atoms with Gasteiger partial charge in [0.25, 0.3) is 0 Å². The third kappa shape index (κ3) is 3.45. The van der Waals surface area contributed by atoms with Gasteiger partial charge in [0.05, 0.1) is 18.2 Å². The highest BCUT2D eigenvalue weighted by atomic mass is 35.5. The van der Waals surface area contributed by atoms with Crippen molar-refractivity contribution in [1.29, 1.82) is 0 Å². The van der Waals surface area contributed by atoms with Crippen LogP contribution in [-0.2, 0) is 18.0 Å². The molecule has 94 valence electrons. The van der Waals surface area contributed by atoms with Crippen LogP contribution in [0.3, 0.4) is 0 Å². The lowest BCUT2D eigenvalue weighted by molar-refractivity contribution is 0.107. The molecule has 2 aromatic carbocycles. The first kappa shape index (κ1) is 12.9. The smallest absolute Gasteiger partial charge is 0.141 e. The molecule has 0 fully saturated rings. The number of benzene rings is 2. The van der Waals surface area contributed by atoms with E-state index in [0.29, 0.717) is 13.2 Å². The van der Waals surface area contributed by atoms with Crippen LogP contribution in [0, 0.1) is 5.82 Å². The maximum absolute atomic E-state index is 12.9. The van der Waals surface area contributed by atoms with E-state index < -0.39 is 5.82 Å². The fraction of sp³-hybridized carbons (Fsp3) is 0.143. The van der Waals surface area contributed by atoms with Gasteiger partial charge in [-0.2, -0.15) is 0 Å². The molecule has 0 saturated heterocycles. The number of halogens is 2. The van der Waals surface area contributed by atoms with Gasteiger partial charge in [-0.3, -0.25) is 0 Å². The van der Waals surface area contributed by atoms with Crippen LogP contribution in [0.25, 0.3) is 0 Å². The van der Waals surface area contributed by atoms with Gasteiger partial charge < -0.3 is 10.5 Å². The maximum atomic E-state index is 12.9. The molecule has 0 aliphatic heterocycles. The summed E-state index contributed by atoms with van der Waals surface area (Å²) in [4.78, 5) is 0. The minimum absolute atomic E-state index is 0.114. The molecule has 2 rings (SSSR count). The van der Waals surface area contributed by atoms with Gasteiger partial charge in [0.1, 0.15) is 5.82 Å². The second-order valence-electron chi connectivity index (χ2n) is 3.98. The molecule has 2 nitrogen and oxygen atoms in total. The number of anilines is 1. The van der Waals surface area contributed by atoms with Crippen molar-refractivity contribution < 1.29 is 9.13 Å². The van der Waals surface area contributed by atoms with Crippen molar-refractivity contribution in [1.82, 2.24) is 0 Å². The van der Waals surface area contributed by atoms with Gasteiger partial charge in [0, 0.05) is 5.69 Å². The van der Waals surface area contributed by atoms with E-state index in [1.165, 1.54) is 6.07 Å². The summed E-state index contributed by atoms with van der Waals surface area (Å²) in [5.41, 5.74) is 8.20. The Kier molecular flexibility index (Phi) is 4.18. The van der Waals surface area contributed by atoms with Crippen LogP contribution in [0.4, 0.5) is 10.1 Å². The molecule has 0 amide bonds. The number of nitrogen functional groups attached to an aromatic ring is 1. The van der Waals surface area contributed by atoms with Gasteiger partial charge >= 0.3 is 0 Å². The van der Waals surface area contributed by atoms with Gasteiger partial charge in [-0.15, -0.1) is 0 Å². The Hall–Kier alpha value is -1.58. The molecule has 4 heteroatoms. The van der Waals surface area contributed by atoms with Crippen LogP contribution in [0.2, 0.25) is 5.02 Å². The molecule has 0 radical (unpaired) electrons. The topological polar surface area (TPSA) is 35.2 Å². The lowest BCUT2D eigenvalue weighted by Gasteiger charge is -2.05. The van der Waals surface area contributed by atoms with Crippen LogP contribution in [0.1, 0.15) is 11.1 Å². The lowest BCUT2D eigenvalue weighted by Crippen LogP contribution is -1.95. The SMILES string of the molecule is Nc1ccc(COCc2ccc(F)c(Cl)c2)cc1. The molecule has 0 bridgehead atoms. The summed E-state index contributed by atoms with van der Waals surface area (Å²) in [5.74, 6) is -0.418. The zero-order valence-corrected chi connectivity index (χ0v) is 10.5. The van der Waals surface area contributed by atoms with E-state index in [9.17, 15) is 4.39 Å². The summed E-state index contributed by atoms with van der Waals surface area (Å²) in [6.45, 7) is 0.875. The highest BCUT2D eigenvalue weighted by Gasteiger charge is 2.01. The molecule has 0 aromatic heterocycles. The van der Waals surface area contributed by atoms with Crippen LogP contribution in [-0.4, -0.2) is 0 Å². The second kappa shape index (κ2) is 5.85. The van der Waals surface area contributed by atoms with Gasteiger partial charge in [0.2, 0.25) is 0 Å². The predicted molar refractivity (Wildman–Crippen MR) is 70.8 cm³/mol. The Morgan fingerprint density at radius 3 is 2.28 bits per heavy atom. The maximum Gasteiger partial charge on any atom is 0.141 e. The van der Waals surface area contributed by atoms with Crippen LogP contribution >= 0.6 is 11.6 Å². The molecule has 2 aromatic rings. The summed E-state index contributed by atoms with van der Waals surface area (Å²) in [6.07, 6.45) is 0. The van der Waals surface area contributed by atoms with Crippen LogP contribution < -0.4 is 5.73 Å². The van der Waals surface area contributed by atoms with Gasteiger partial charge in [-0.1, -0.05) is 29.8 Å². The fourth-order valence-electron chi connectivity index (χ4n) is 1.53. The molecule has 0 aliphatic carbocycles. The number of ether oxygens (including phenoxy) is 1. The number of hydrogen-bond donors (Lipinski definition) is 1. The minimum Gasteiger partial charge on any atom is -0.399 e. The van der Waals surface area contributed by atoms with Crippen LogP contribution in [0.5, 0.6) is 0 Å². The number of hydrogen-bond acceptors (Lipinski definition) is 2. The standard InChI is InChI=1S/C14H13ClFNO/c15-13-7-11(3-6-14(13)16)9-18-8-10-1-4-12(17)5-2-10/h1-7H,8-9,17H2. The van der Waals surface area contributed by atoms with E-state index in [4.69, 9.17) is 22.1 Å². The Bertz CT molecular complexity index is 528.